The van der Waals surface area contributed by atoms with Crippen LogP contribution in [0, 0.1) is 0 Å². The molecule has 1 saturated heterocycles. The second-order valence-corrected chi connectivity index (χ2v) is 8.81. The van der Waals surface area contributed by atoms with Crippen LogP contribution in [0.1, 0.15) is 24.8 Å². The van der Waals surface area contributed by atoms with Crippen molar-refractivity contribution in [1.29, 1.82) is 0 Å². The molecule has 1 aliphatic heterocycles. The highest BCUT2D eigenvalue weighted by Crippen LogP contribution is 2.24. The number of amides is 1. The van der Waals surface area contributed by atoms with E-state index in [1.165, 1.54) is 16.4 Å². The highest BCUT2D eigenvalue weighted by molar-refractivity contribution is 7.89. The van der Waals surface area contributed by atoms with Gasteiger partial charge in [0.2, 0.25) is 15.9 Å². The zero-order valence-electron chi connectivity index (χ0n) is 16.0. The van der Waals surface area contributed by atoms with Crippen LogP contribution in [0.25, 0.3) is 0 Å². The van der Waals surface area contributed by atoms with Gasteiger partial charge in [-0.2, -0.15) is 4.31 Å². The summed E-state index contributed by atoms with van der Waals surface area (Å²) >= 11 is 0. The summed E-state index contributed by atoms with van der Waals surface area (Å²) in [4.78, 5) is 12.3. The van der Waals surface area contributed by atoms with E-state index in [1.54, 1.807) is 24.3 Å². The zero-order valence-corrected chi connectivity index (χ0v) is 16.8. The molecule has 3 rings (SSSR count). The average Bonchev–Trinajstić information content (AvgIpc) is 3.23. The minimum atomic E-state index is -4.77. The number of benzene rings is 2. The maximum absolute atomic E-state index is 12.5. The molecule has 1 N–H and O–H groups in total. The van der Waals surface area contributed by atoms with Gasteiger partial charge in [-0.15, -0.1) is 13.2 Å². The summed E-state index contributed by atoms with van der Waals surface area (Å²) in [6, 6.07) is 11.3. The van der Waals surface area contributed by atoms with Gasteiger partial charge >= 0.3 is 6.36 Å². The lowest BCUT2D eigenvalue weighted by Crippen LogP contribution is -2.27. The van der Waals surface area contributed by atoms with Crippen LogP contribution in [0.15, 0.2) is 53.4 Å². The first-order valence-electron chi connectivity index (χ1n) is 9.38. The van der Waals surface area contributed by atoms with Crippen LogP contribution in [0.5, 0.6) is 5.75 Å². The molecule has 1 heterocycles. The highest BCUT2D eigenvalue weighted by Gasteiger charge is 2.31. The molecular weight excluding hydrogens is 421 g/mol. The Kier molecular flexibility index (Phi) is 6.67. The number of hydrogen-bond acceptors (Lipinski definition) is 4. The normalized spacial score (nSPS) is 15.2. The van der Waals surface area contributed by atoms with Gasteiger partial charge in [0.15, 0.2) is 0 Å². The van der Waals surface area contributed by atoms with E-state index in [0.717, 1.165) is 30.5 Å². The molecule has 30 heavy (non-hydrogen) atoms. The van der Waals surface area contributed by atoms with Crippen molar-refractivity contribution in [2.45, 2.75) is 36.9 Å². The number of rotatable bonds is 7. The third-order valence-corrected chi connectivity index (χ3v) is 6.55. The monoisotopic (exact) mass is 442 g/mol. The third kappa shape index (κ3) is 5.96. The van der Waals surface area contributed by atoms with E-state index in [2.05, 4.69) is 10.1 Å². The summed E-state index contributed by atoms with van der Waals surface area (Å²) in [5, 5.41) is 2.60. The minimum Gasteiger partial charge on any atom is -0.406 e. The van der Waals surface area contributed by atoms with E-state index in [0.29, 0.717) is 25.2 Å². The zero-order chi connectivity index (χ0) is 21.8. The van der Waals surface area contributed by atoms with Gasteiger partial charge in [0.25, 0.3) is 0 Å². The fraction of sp³-hybridized carbons (Fsp3) is 0.350. The van der Waals surface area contributed by atoms with Crippen LogP contribution in [0.3, 0.4) is 0 Å². The molecule has 1 fully saturated rings. The summed E-state index contributed by atoms with van der Waals surface area (Å²) in [6.45, 7) is 1.07. The highest BCUT2D eigenvalue weighted by atomic mass is 32.2. The molecule has 0 aliphatic carbocycles. The fourth-order valence-corrected chi connectivity index (χ4v) is 4.64. The van der Waals surface area contributed by atoms with Crippen molar-refractivity contribution in [2.75, 3.05) is 18.4 Å². The second kappa shape index (κ2) is 9.05. The molecule has 1 aliphatic rings. The number of nitrogens with one attached hydrogen (secondary N) is 1. The number of ether oxygens (including phenoxy) is 1. The number of carbonyl (C=O) groups is 1. The van der Waals surface area contributed by atoms with Crippen LogP contribution in [-0.4, -0.2) is 38.1 Å². The first-order valence-corrected chi connectivity index (χ1v) is 10.8. The van der Waals surface area contributed by atoms with Crippen LogP contribution in [-0.2, 0) is 21.2 Å². The maximum atomic E-state index is 12.5. The molecule has 0 radical (unpaired) electrons. The van der Waals surface area contributed by atoms with Crippen molar-refractivity contribution in [3.05, 3.63) is 54.1 Å². The molecule has 2 aromatic rings. The molecule has 0 spiro atoms. The number of anilines is 1. The van der Waals surface area contributed by atoms with Crippen LogP contribution in [0.2, 0.25) is 0 Å². The van der Waals surface area contributed by atoms with Crippen molar-refractivity contribution < 1.29 is 31.1 Å². The summed E-state index contributed by atoms with van der Waals surface area (Å²) < 4.78 is 66.7. The average molecular weight is 442 g/mol. The van der Waals surface area contributed by atoms with E-state index in [9.17, 15) is 26.4 Å². The number of halogens is 3. The molecule has 6 nitrogen and oxygen atoms in total. The standard InChI is InChI=1S/C20H21F3N2O4S/c21-20(22,23)29-17-8-6-16(7-9-17)24-19(26)12-5-15-3-10-18(11-4-15)30(27,28)25-13-1-2-14-25/h3-4,6-11H,1-2,5,12-14H2,(H,24,26). The van der Waals surface area contributed by atoms with Gasteiger partial charge in [0.05, 0.1) is 4.90 Å². The van der Waals surface area contributed by atoms with Crippen molar-refractivity contribution in [3.63, 3.8) is 0 Å². The lowest BCUT2D eigenvalue weighted by atomic mass is 10.1. The predicted octanol–water partition coefficient (Wildman–Crippen LogP) is 3.94. The first kappa shape index (κ1) is 22.1. The molecular formula is C20H21F3N2O4S. The molecule has 0 saturated carbocycles. The van der Waals surface area contributed by atoms with Crippen LogP contribution >= 0.6 is 0 Å². The van der Waals surface area contributed by atoms with E-state index in [-0.39, 0.29) is 23.0 Å². The Hall–Kier alpha value is -2.59. The number of carbonyl (C=O) groups excluding carboxylic acids is 1. The summed E-state index contributed by atoms with van der Waals surface area (Å²) in [5.74, 6) is -0.683. The van der Waals surface area contributed by atoms with Crippen LogP contribution < -0.4 is 10.1 Å². The predicted molar refractivity (Wildman–Crippen MR) is 105 cm³/mol. The number of hydrogen-bond donors (Lipinski definition) is 1. The van der Waals surface area contributed by atoms with E-state index < -0.39 is 16.4 Å². The maximum Gasteiger partial charge on any atom is 0.573 e. The largest absolute Gasteiger partial charge is 0.573 e. The molecule has 0 unspecified atom stereocenters. The van der Waals surface area contributed by atoms with Gasteiger partial charge in [-0.3, -0.25) is 4.79 Å². The Morgan fingerprint density at radius 1 is 1.00 bits per heavy atom. The fourth-order valence-electron chi connectivity index (χ4n) is 3.13. The Morgan fingerprint density at radius 3 is 2.17 bits per heavy atom. The molecule has 2 aromatic carbocycles. The molecule has 1 amide bonds. The van der Waals surface area contributed by atoms with Crippen molar-refractivity contribution >= 4 is 21.6 Å². The minimum absolute atomic E-state index is 0.138. The second-order valence-electron chi connectivity index (χ2n) is 6.88. The Morgan fingerprint density at radius 2 is 1.60 bits per heavy atom. The van der Waals surface area contributed by atoms with Gasteiger partial charge in [-0.1, -0.05) is 12.1 Å². The molecule has 0 bridgehead atoms. The summed E-state index contributed by atoms with van der Waals surface area (Å²) in [7, 11) is -3.47. The first-order chi connectivity index (χ1) is 14.1. The number of sulfonamides is 1. The smallest absolute Gasteiger partial charge is 0.406 e. The SMILES string of the molecule is O=C(CCc1ccc(S(=O)(=O)N2CCCC2)cc1)Nc1ccc(OC(F)(F)F)cc1. The Balaban J connectivity index is 1.51. The Bertz CT molecular complexity index is 969. The van der Waals surface area contributed by atoms with Crippen molar-refractivity contribution in [3.8, 4) is 5.75 Å². The molecule has 10 heteroatoms. The topological polar surface area (TPSA) is 75.7 Å². The van der Waals surface area contributed by atoms with E-state index in [1.807, 2.05) is 0 Å². The van der Waals surface area contributed by atoms with Gasteiger partial charge in [0.1, 0.15) is 5.75 Å². The summed E-state index contributed by atoms with van der Waals surface area (Å²) in [5.41, 5.74) is 1.15. The molecule has 0 atom stereocenters. The molecule has 0 aromatic heterocycles. The molecule has 162 valence electrons. The number of nitrogens with zero attached hydrogens (tertiary/aromatic N) is 1. The van der Waals surface area contributed by atoms with Crippen molar-refractivity contribution in [1.82, 2.24) is 4.31 Å². The Labute approximate surface area is 172 Å². The summed E-state index contributed by atoms with van der Waals surface area (Å²) in [6.07, 6.45) is -2.51. The van der Waals surface area contributed by atoms with Gasteiger partial charge in [0, 0.05) is 25.2 Å². The lowest BCUT2D eigenvalue weighted by Gasteiger charge is -2.15. The lowest BCUT2D eigenvalue weighted by molar-refractivity contribution is -0.274. The van der Waals surface area contributed by atoms with Crippen LogP contribution in [0.4, 0.5) is 18.9 Å². The number of aryl methyl sites for hydroxylation is 1. The van der Waals surface area contributed by atoms with E-state index >= 15 is 0 Å². The number of alkyl halides is 3. The quantitative estimate of drug-likeness (QED) is 0.705. The van der Waals surface area contributed by atoms with Gasteiger partial charge in [-0.05, 0) is 61.2 Å². The van der Waals surface area contributed by atoms with E-state index in [4.69, 9.17) is 0 Å². The van der Waals surface area contributed by atoms with Gasteiger partial charge < -0.3 is 10.1 Å². The third-order valence-electron chi connectivity index (χ3n) is 4.64. The van der Waals surface area contributed by atoms with Gasteiger partial charge in [-0.25, -0.2) is 8.42 Å². The van der Waals surface area contributed by atoms with Crippen molar-refractivity contribution in [2.24, 2.45) is 0 Å².